The van der Waals surface area contributed by atoms with Gasteiger partial charge in [0.05, 0.1) is 12.8 Å². The lowest BCUT2D eigenvalue weighted by Gasteiger charge is -2.30. The van der Waals surface area contributed by atoms with Gasteiger partial charge in [-0.2, -0.15) is 5.10 Å². The third kappa shape index (κ3) is 2.44. The van der Waals surface area contributed by atoms with Crippen molar-refractivity contribution in [2.75, 3.05) is 13.2 Å². The Morgan fingerprint density at radius 2 is 2.06 bits per heavy atom. The summed E-state index contributed by atoms with van der Waals surface area (Å²) < 4.78 is 1.76. The van der Waals surface area contributed by atoms with Gasteiger partial charge in [-0.25, -0.2) is 0 Å². The molecule has 0 aliphatic carbocycles. The first-order valence-electron chi connectivity index (χ1n) is 6.04. The van der Waals surface area contributed by atoms with Crippen LogP contribution in [0.25, 0.3) is 0 Å². The minimum atomic E-state index is -0.426. The van der Waals surface area contributed by atoms with Gasteiger partial charge >= 0.3 is 0 Å². The summed E-state index contributed by atoms with van der Waals surface area (Å²) in [6.45, 7) is 0.435. The number of aromatic nitrogens is 2. The Hall–Kier alpha value is -1.65. The van der Waals surface area contributed by atoms with Gasteiger partial charge in [0, 0.05) is 25.2 Å². The molecule has 0 amide bonds. The van der Waals surface area contributed by atoms with Crippen molar-refractivity contribution >= 4 is 0 Å². The van der Waals surface area contributed by atoms with Gasteiger partial charge in [0.25, 0.3) is 0 Å². The number of nitrogens with two attached hydrogens (primary N) is 1. The molecule has 2 aromatic rings. The van der Waals surface area contributed by atoms with E-state index in [0.717, 1.165) is 11.1 Å². The second-order valence-electron chi connectivity index (χ2n) is 4.71. The number of hydrogen-bond donors (Lipinski definition) is 2. The van der Waals surface area contributed by atoms with Crippen LogP contribution < -0.4 is 5.73 Å². The zero-order chi connectivity index (χ0) is 13.0. The Balaban J connectivity index is 2.32. The van der Waals surface area contributed by atoms with Crippen LogP contribution in [0.3, 0.4) is 0 Å². The molecule has 96 valence electrons. The Morgan fingerprint density at radius 1 is 1.33 bits per heavy atom. The van der Waals surface area contributed by atoms with Crippen molar-refractivity contribution in [3.63, 3.8) is 0 Å². The highest BCUT2D eigenvalue weighted by molar-refractivity contribution is 5.29. The topological polar surface area (TPSA) is 64.1 Å². The van der Waals surface area contributed by atoms with Gasteiger partial charge in [-0.15, -0.1) is 0 Å². The van der Waals surface area contributed by atoms with Gasteiger partial charge in [-0.3, -0.25) is 4.68 Å². The molecule has 0 saturated heterocycles. The molecule has 3 N–H and O–H groups in total. The fourth-order valence-electron chi connectivity index (χ4n) is 2.25. The molecular formula is C14H19N3O. The third-order valence-corrected chi connectivity index (χ3v) is 3.38. The first-order valence-corrected chi connectivity index (χ1v) is 6.04. The molecule has 0 aliphatic heterocycles. The minimum absolute atomic E-state index is 0.0302. The monoisotopic (exact) mass is 245 g/mol. The van der Waals surface area contributed by atoms with E-state index in [1.807, 2.05) is 49.8 Å². The van der Waals surface area contributed by atoms with Crippen LogP contribution in [0.2, 0.25) is 0 Å². The molecule has 1 aromatic carbocycles. The highest BCUT2D eigenvalue weighted by Crippen LogP contribution is 2.27. The van der Waals surface area contributed by atoms with Crippen molar-refractivity contribution in [3.8, 4) is 0 Å². The average molecular weight is 245 g/mol. The van der Waals surface area contributed by atoms with Gasteiger partial charge in [0.1, 0.15) is 0 Å². The van der Waals surface area contributed by atoms with Gasteiger partial charge in [0.2, 0.25) is 0 Å². The average Bonchev–Trinajstić information content (AvgIpc) is 2.82. The first-order chi connectivity index (χ1) is 8.70. The molecule has 0 bridgehead atoms. The molecule has 18 heavy (non-hydrogen) atoms. The van der Waals surface area contributed by atoms with E-state index in [9.17, 15) is 5.11 Å². The lowest BCUT2D eigenvalue weighted by atomic mass is 9.77. The molecule has 4 nitrogen and oxygen atoms in total. The fraction of sp³-hybridized carbons (Fsp3) is 0.357. The maximum absolute atomic E-state index is 9.79. The van der Waals surface area contributed by atoms with Gasteiger partial charge in [-0.05, 0) is 17.5 Å². The summed E-state index contributed by atoms with van der Waals surface area (Å²) in [7, 11) is 1.88. The fourth-order valence-corrected chi connectivity index (χ4v) is 2.25. The molecule has 0 aliphatic rings. The number of nitrogens with zero attached hydrogens (tertiary/aromatic N) is 2. The van der Waals surface area contributed by atoms with E-state index >= 15 is 0 Å². The number of aliphatic hydroxyl groups is 1. The molecule has 0 spiro atoms. The SMILES string of the molecule is Cn1cc(CC(CN)(CO)c2ccccc2)cn1. The van der Waals surface area contributed by atoms with Gasteiger partial charge in [0.15, 0.2) is 0 Å². The zero-order valence-electron chi connectivity index (χ0n) is 10.6. The summed E-state index contributed by atoms with van der Waals surface area (Å²) in [6, 6.07) is 9.93. The molecule has 4 heteroatoms. The Kier molecular flexibility index (Phi) is 3.79. The van der Waals surface area contributed by atoms with E-state index < -0.39 is 5.41 Å². The van der Waals surface area contributed by atoms with Crippen molar-refractivity contribution in [3.05, 3.63) is 53.9 Å². The number of aliphatic hydroxyl groups excluding tert-OH is 1. The normalized spacial score (nSPS) is 14.4. The van der Waals surface area contributed by atoms with Crippen molar-refractivity contribution in [1.29, 1.82) is 0 Å². The molecule has 2 rings (SSSR count). The molecular weight excluding hydrogens is 226 g/mol. The third-order valence-electron chi connectivity index (χ3n) is 3.38. The summed E-state index contributed by atoms with van der Waals surface area (Å²) in [5.74, 6) is 0. The summed E-state index contributed by atoms with van der Waals surface area (Å²) in [6.07, 6.45) is 4.48. The lowest BCUT2D eigenvalue weighted by molar-refractivity contribution is 0.196. The first kappa shape index (κ1) is 12.8. The molecule has 0 saturated carbocycles. The molecule has 0 radical (unpaired) electrons. The van der Waals surface area contributed by atoms with Gasteiger partial charge < -0.3 is 10.8 Å². The largest absolute Gasteiger partial charge is 0.395 e. The Labute approximate surface area is 107 Å². The maximum atomic E-state index is 9.79. The van der Waals surface area contributed by atoms with E-state index in [2.05, 4.69) is 5.10 Å². The van der Waals surface area contributed by atoms with E-state index in [1.165, 1.54) is 0 Å². The van der Waals surface area contributed by atoms with E-state index in [1.54, 1.807) is 4.68 Å². The number of aryl methyl sites for hydroxylation is 1. The maximum Gasteiger partial charge on any atom is 0.0543 e. The van der Waals surface area contributed by atoms with Crippen LogP contribution >= 0.6 is 0 Å². The van der Waals surface area contributed by atoms with Crippen LogP contribution in [0.1, 0.15) is 11.1 Å². The lowest BCUT2D eigenvalue weighted by Crippen LogP contribution is -2.40. The van der Waals surface area contributed by atoms with Crippen LogP contribution in [0, 0.1) is 0 Å². The number of benzene rings is 1. The van der Waals surface area contributed by atoms with Crippen LogP contribution in [-0.4, -0.2) is 28.0 Å². The highest BCUT2D eigenvalue weighted by atomic mass is 16.3. The summed E-state index contributed by atoms with van der Waals surface area (Å²) >= 11 is 0. The molecule has 0 fully saturated rings. The molecule has 1 unspecified atom stereocenters. The second kappa shape index (κ2) is 5.33. The van der Waals surface area contributed by atoms with Crippen molar-refractivity contribution in [1.82, 2.24) is 9.78 Å². The molecule has 1 aromatic heterocycles. The summed E-state index contributed by atoms with van der Waals surface area (Å²) in [5, 5.41) is 13.9. The Morgan fingerprint density at radius 3 is 2.56 bits per heavy atom. The molecule has 1 atom stereocenters. The Bertz CT molecular complexity index is 489. The van der Waals surface area contributed by atoms with Crippen molar-refractivity contribution < 1.29 is 5.11 Å². The van der Waals surface area contributed by atoms with E-state index in [-0.39, 0.29) is 6.61 Å². The van der Waals surface area contributed by atoms with Crippen LogP contribution in [0.4, 0.5) is 0 Å². The second-order valence-corrected chi connectivity index (χ2v) is 4.71. The summed E-state index contributed by atoms with van der Waals surface area (Å²) in [4.78, 5) is 0. The molecule has 1 heterocycles. The van der Waals surface area contributed by atoms with Crippen LogP contribution in [0.5, 0.6) is 0 Å². The smallest absolute Gasteiger partial charge is 0.0543 e. The van der Waals surface area contributed by atoms with Crippen molar-refractivity contribution in [2.24, 2.45) is 12.8 Å². The standard InChI is InChI=1S/C14H19N3O/c1-17-9-12(8-16-17)7-14(10-15,11-18)13-5-3-2-4-6-13/h2-6,8-9,18H,7,10-11,15H2,1H3. The van der Waals surface area contributed by atoms with E-state index in [0.29, 0.717) is 13.0 Å². The quantitative estimate of drug-likeness (QED) is 0.821. The highest BCUT2D eigenvalue weighted by Gasteiger charge is 2.30. The number of hydrogen-bond acceptors (Lipinski definition) is 3. The summed E-state index contributed by atoms with van der Waals surface area (Å²) in [5.41, 5.74) is 7.64. The predicted molar refractivity (Wildman–Crippen MR) is 71.2 cm³/mol. The van der Waals surface area contributed by atoms with Crippen LogP contribution in [-0.2, 0) is 18.9 Å². The number of rotatable bonds is 5. The zero-order valence-corrected chi connectivity index (χ0v) is 10.6. The predicted octanol–water partition coefficient (Wildman–Crippen LogP) is 0.852. The minimum Gasteiger partial charge on any atom is -0.395 e. The van der Waals surface area contributed by atoms with Crippen LogP contribution in [0.15, 0.2) is 42.7 Å². The van der Waals surface area contributed by atoms with E-state index in [4.69, 9.17) is 5.73 Å². The van der Waals surface area contributed by atoms with Gasteiger partial charge in [-0.1, -0.05) is 30.3 Å². The van der Waals surface area contributed by atoms with Crippen molar-refractivity contribution in [2.45, 2.75) is 11.8 Å².